The van der Waals surface area contributed by atoms with Crippen LogP contribution >= 0.6 is 11.6 Å². The van der Waals surface area contributed by atoms with Crippen LogP contribution in [0.15, 0.2) is 53.4 Å². The molecule has 13 heteroatoms. The van der Waals surface area contributed by atoms with Gasteiger partial charge in [0.2, 0.25) is 26.0 Å². The number of rotatable bonds is 11. The summed E-state index contributed by atoms with van der Waals surface area (Å²) >= 11 is 6.02. The number of halogens is 1. The quantitative estimate of drug-likeness (QED) is 0.418. The van der Waals surface area contributed by atoms with E-state index in [1.165, 1.54) is 22.5 Å². The molecule has 0 spiro atoms. The summed E-state index contributed by atoms with van der Waals surface area (Å²) in [7, 11) is -7.36. The van der Waals surface area contributed by atoms with Crippen LogP contribution in [0, 0.1) is 0 Å². The zero-order valence-electron chi connectivity index (χ0n) is 20.1. The first-order valence-corrected chi connectivity index (χ1v) is 15.0. The topological polar surface area (TPSA) is 122 Å². The third-order valence-electron chi connectivity index (χ3n) is 5.49. The molecule has 1 unspecified atom stereocenters. The molecular formula is C23H30ClN3O7S2. The maximum atomic E-state index is 12.9. The lowest BCUT2D eigenvalue weighted by molar-refractivity contribution is -0.122. The molecule has 1 atom stereocenters. The van der Waals surface area contributed by atoms with Gasteiger partial charge in [0.1, 0.15) is 18.4 Å². The van der Waals surface area contributed by atoms with Gasteiger partial charge in [-0.25, -0.2) is 16.8 Å². The molecule has 1 aliphatic rings. The zero-order valence-corrected chi connectivity index (χ0v) is 22.5. The molecule has 3 rings (SSSR count). The first-order chi connectivity index (χ1) is 17.0. The summed E-state index contributed by atoms with van der Waals surface area (Å²) in [6, 6.07) is 11.4. The van der Waals surface area contributed by atoms with Crippen molar-refractivity contribution in [3.8, 4) is 5.75 Å². The molecule has 0 aromatic heterocycles. The minimum atomic E-state index is -3.77. The van der Waals surface area contributed by atoms with Crippen LogP contribution < -0.4 is 14.4 Å². The van der Waals surface area contributed by atoms with E-state index in [9.17, 15) is 21.6 Å². The Hall–Kier alpha value is -2.38. The lowest BCUT2D eigenvalue weighted by Crippen LogP contribution is -2.50. The van der Waals surface area contributed by atoms with Gasteiger partial charge in [0, 0.05) is 18.1 Å². The van der Waals surface area contributed by atoms with Crippen molar-refractivity contribution in [3.05, 3.63) is 53.6 Å². The standard InChI is InChI=1S/C23H30ClN3O7S2/c1-3-22(27(35(2,29)30)19-6-4-5-18(24)17-19)23(28)25-11-14-34-20-7-9-21(10-8-20)36(31,32)26-12-15-33-16-13-26/h4-10,17,22H,3,11-16H2,1-2H3,(H,25,28). The van der Waals surface area contributed by atoms with E-state index in [0.717, 1.165) is 10.6 Å². The molecule has 36 heavy (non-hydrogen) atoms. The Morgan fingerprint density at radius 2 is 1.81 bits per heavy atom. The molecule has 1 amide bonds. The monoisotopic (exact) mass is 559 g/mol. The first kappa shape index (κ1) is 28.2. The van der Waals surface area contributed by atoms with E-state index in [-0.39, 0.29) is 24.5 Å². The van der Waals surface area contributed by atoms with Gasteiger partial charge in [0.15, 0.2) is 0 Å². The van der Waals surface area contributed by atoms with Gasteiger partial charge in [-0.15, -0.1) is 0 Å². The van der Waals surface area contributed by atoms with Crippen LogP contribution in [0.1, 0.15) is 13.3 Å². The Labute approximate surface area is 217 Å². The zero-order chi connectivity index (χ0) is 26.3. The molecule has 0 aliphatic carbocycles. The van der Waals surface area contributed by atoms with E-state index in [0.29, 0.717) is 42.8 Å². The minimum Gasteiger partial charge on any atom is -0.492 e. The molecule has 1 saturated heterocycles. The van der Waals surface area contributed by atoms with Crippen molar-refractivity contribution in [2.24, 2.45) is 0 Å². The van der Waals surface area contributed by atoms with Crippen LogP contribution in [0.4, 0.5) is 5.69 Å². The molecule has 10 nitrogen and oxygen atoms in total. The fraction of sp³-hybridized carbons (Fsp3) is 0.435. The van der Waals surface area contributed by atoms with Gasteiger partial charge in [-0.3, -0.25) is 9.10 Å². The van der Waals surface area contributed by atoms with Gasteiger partial charge < -0.3 is 14.8 Å². The van der Waals surface area contributed by atoms with Crippen LogP contribution in [-0.2, 0) is 29.6 Å². The number of sulfonamides is 2. The van der Waals surface area contributed by atoms with Gasteiger partial charge in [-0.1, -0.05) is 24.6 Å². The van der Waals surface area contributed by atoms with Crippen molar-refractivity contribution >= 4 is 43.2 Å². The molecule has 2 aromatic carbocycles. The highest BCUT2D eigenvalue weighted by atomic mass is 35.5. The van der Waals surface area contributed by atoms with E-state index >= 15 is 0 Å². The number of ether oxygens (including phenoxy) is 2. The van der Waals surface area contributed by atoms with Crippen LogP contribution in [0.25, 0.3) is 0 Å². The molecule has 1 fully saturated rings. The highest BCUT2D eigenvalue weighted by Gasteiger charge is 2.31. The second-order valence-electron chi connectivity index (χ2n) is 8.09. The van der Waals surface area contributed by atoms with Crippen LogP contribution in [0.3, 0.4) is 0 Å². The summed E-state index contributed by atoms with van der Waals surface area (Å²) in [5, 5.41) is 3.06. The van der Waals surface area contributed by atoms with Crippen molar-refractivity contribution in [2.75, 3.05) is 50.0 Å². The van der Waals surface area contributed by atoms with E-state index in [2.05, 4.69) is 5.32 Å². The molecule has 1 N–H and O–H groups in total. The van der Waals surface area contributed by atoms with Crippen LogP contribution in [0.2, 0.25) is 5.02 Å². The van der Waals surface area contributed by atoms with Crippen molar-refractivity contribution < 1.29 is 31.1 Å². The Bertz CT molecular complexity index is 1250. The van der Waals surface area contributed by atoms with Gasteiger partial charge >= 0.3 is 0 Å². The van der Waals surface area contributed by atoms with Crippen molar-refractivity contribution in [3.63, 3.8) is 0 Å². The van der Waals surface area contributed by atoms with Gasteiger partial charge in [0.25, 0.3) is 0 Å². The van der Waals surface area contributed by atoms with Gasteiger partial charge in [-0.05, 0) is 48.9 Å². The number of carbonyl (C=O) groups is 1. The summed E-state index contributed by atoms with van der Waals surface area (Å²) in [6.07, 6.45) is 1.28. The van der Waals surface area contributed by atoms with Crippen molar-refractivity contribution in [2.45, 2.75) is 24.3 Å². The number of nitrogens with one attached hydrogen (secondary N) is 1. The van der Waals surface area contributed by atoms with Crippen molar-refractivity contribution in [1.29, 1.82) is 0 Å². The lowest BCUT2D eigenvalue weighted by atomic mass is 10.2. The molecule has 0 bridgehead atoms. The maximum absolute atomic E-state index is 12.9. The lowest BCUT2D eigenvalue weighted by Gasteiger charge is -2.30. The fourth-order valence-electron chi connectivity index (χ4n) is 3.78. The predicted octanol–water partition coefficient (Wildman–Crippen LogP) is 2.10. The van der Waals surface area contributed by atoms with Gasteiger partial charge in [-0.2, -0.15) is 4.31 Å². The highest BCUT2D eigenvalue weighted by molar-refractivity contribution is 7.92. The number of hydrogen-bond donors (Lipinski definition) is 1. The predicted molar refractivity (Wildman–Crippen MR) is 137 cm³/mol. The molecular weight excluding hydrogens is 530 g/mol. The molecule has 2 aromatic rings. The second-order valence-corrected chi connectivity index (χ2v) is 12.3. The summed E-state index contributed by atoms with van der Waals surface area (Å²) in [6.45, 7) is 3.30. The van der Waals surface area contributed by atoms with E-state index in [1.807, 2.05) is 0 Å². The largest absolute Gasteiger partial charge is 0.492 e. The van der Waals surface area contributed by atoms with Gasteiger partial charge in [0.05, 0.1) is 36.6 Å². The number of nitrogens with zero attached hydrogens (tertiary/aromatic N) is 2. The maximum Gasteiger partial charge on any atom is 0.244 e. The van der Waals surface area contributed by atoms with E-state index < -0.39 is 32.0 Å². The number of amides is 1. The Kier molecular flexibility index (Phi) is 9.59. The Morgan fingerprint density at radius 1 is 1.14 bits per heavy atom. The minimum absolute atomic E-state index is 0.105. The molecule has 198 valence electrons. The van der Waals surface area contributed by atoms with E-state index in [1.54, 1.807) is 37.3 Å². The van der Waals surface area contributed by atoms with Crippen LogP contribution in [0.5, 0.6) is 5.75 Å². The normalized spacial score (nSPS) is 15.8. The highest BCUT2D eigenvalue weighted by Crippen LogP contribution is 2.25. The first-order valence-electron chi connectivity index (χ1n) is 11.4. The molecule has 0 radical (unpaired) electrons. The number of benzene rings is 2. The number of hydrogen-bond acceptors (Lipinski definition) is 7. The fourth-order valence-corrected chi connectivity index (χ4v) is 6.57. The van der Waals surface area contributed by atoms with E-state index in [4.69, 9.17) is 21.1 Å². The van der Waals surface area contributed by atoms with Crippen molar-refractivity contribution in [1.82, 2.24) is 9.62 Å². The smallest absolute Gasteiger partial charge is 0.244 e. The second kappa shape index (κ2) is 12.2. The average molecular weight is 560 g/mol. The molecule has 1 heterocycles. The SMILES string of the molecule is CCC(C(=O)NCCOc1ccc(S(=O)(=O)N2CCOCC2)cc1)N(c1cccc(Cl)c1)S(C)(=O)=O. The number of anilines is 1. The molecule has 0 saturated carbocycles. The third kappa shape index (κ3) is 7.10. The number of carbonyl (C=O) groups excluding carboxylic acids is 1. The summed E-state index contributed by atoms with van der Waals surface area (Å²) in [5.74, 6) is -0.0349. The Morgan fingerprint density at radius 3 is 2.39 bits per heavy atom. The Balaban J connectivity index is 1.57. The summed E-state index contributed by atoms with van der Waals surface area (Å²) in [5.41, 5.74) is 0.301. The molecule has 1 aliphatic heterocycles. The van der Waals surface area contributed by atoms with Crippen LogP contribution in [-0.4, -0.2) is 78.8 Å². The summed E-state index contributed by atoms with van der Waals surface area (Å²) < 4.78 is 63.6. The number of morpholine rings is 1. The average Bonchev–Trinajstić information content (AvgIpc) is 2.85. The summed E-state index contributed by atoms with van der Waals surface area (Å²) in [4.78, 5) is 13.0. The third-order valence-corrected chi connectivity index (χ3v) is 8.82.